The summed E-state index contributed by atoms with van der Waals surface area (Å²) in [5.41, 5.74) is 0.713. The van der Waals surface area contributed by atoms with Gasteiger partial charge in [-0.2, -0.15) is 4.98 Å². The van der Waals surface area contributed by atoms with Crippen molar-refractivity contribution in [3.8, 4) is 0 Å². The first kappa shape index (κ1) is 15.3. The smallest absolute Gasteiger partial charge is 0.244 e. The van der Waals surface area contributed by atoms with Crippen molar-refractivity contribution >= 4 is 11.6 Å². The van der Waals surface area contributed by atoms with Crippen LogP contribution in [0.3, 0.4) is 0 Å². The second-order valence-corrected chi connectivity index (χ2v) is 6.54. The van der Waals surface area contributed by atoms with Gasteiger partial charge in [0.15, 0.2) is 5.82 Å². The van der Waals surface area contributed by atoms with Crippen LogP contribution in [0.25, 0.3) is 0 Å². The largest absolute Gasteiger partial charge is 0.338 e. The van der Waals surface area contributed by atoms with Crippen LogP contribution in [0.2, 0.25) is 0 Å². The molecule has 7 heteroatoms. The fraction of sp³-hybridized carbons (Fsp3) is 0.529. The summed E-state index contributed by atoms with van der Waals surface area (Å²) in [6.45, 7) is 1.19. The molecule has 1 aliphatic carbocycles. The second kappa shape index (κ2) is 6.68. The zero-order chi connectivity index (χ0) is 16.4. The minimum absolute atomic E-state index is 0.0402. The Morgan fingerprint density at radius 3 is 3.04 bits per heavy atom. The molecule has 24 heavy (non-hydrogen) atoms. The van der Waals surface area contributed by atoms with Gasteiger partial charge in [0.2, 0.25) is 11.8 Å². The lowest BCUT2D eigenvalue weighted by atomic mass is 10.0. The van der Waals surface area contributed by atoms with Gasteiger partial charge < -0.3 is 9.84 Å². The van der Waals surface area contributed by atoms with E-state index in [1.54, 1.807) is 18.5 Å². The third-order valence-corrected chi connectivity index (χ3v) is 4.59. The zero-order valence-electron chi connectivity index (χ0n) is 13.5. The SMILES string of the molecule is O=C(CN1CCCC[C@@H]1c1nc(C2CC2)no1)Nc1cccnc1. The molecule has 7 nitrogen and oxygen atoms in total. The van der Waals surface area contributed by atoms with Gasteiger partial charge in [0.05, 0.1) is 24.5 Å². The van der Waals surface area contributed by atoms with Crippen molar-refractivity contribution in [2.75, 3.05) is 18.4 Å². The molecule has 1 amide bonds. The van der Waals surface area contributed by atoms with Crippen LogP contribution in [0.5, 0.6) is 0 Å². The van der Waals surface area contributed by atoms with Crippen molar-refractivity contribution in [1.29, 1.82) is 0 Å². The van der Waals surface area contributed by atoms with Gasteiger partial charge >= 0.3 is 0 Å². The predicted molar refractivity (Wildman–Crippen MR) is 87.3 cm³/mol. The number of likely N-dealkylation sites (tertiary alicyclic amines) is 1. The standard InChI is InChI=1S/C17H21N5O2/c23-15(19-13-4-3-8-18-10-13)11-22-9-2-1-5-14(22)17-20-16(21-24-17)12-6-7-12/h3-4,8,10,12,14H,1-2,5-7,9,11H2,(H,19,23)/t14-/m1/s1. The highest BCUT2D eigenvalue weighted by atomic mass is 16.5. The van der Waals surface area contributed by atoms with E-state index in [2.05, 4.69) is 25.3 Å². The van der Waals surface area contributed by atoms with Crippen molar-refractivity contribution in [3.05, 3.63) is 36.2 Å². The Labute approximate surface area is 140 Å². The topological polar surface area (TPSA) is 84.2 Å². The number of hydrogen-bond donors (Lipinski definition) is 1. The number of hydrogen-bond acceptors (Lipinski definition) is 6. The highest BCUT2D eigenvalue weighted by molar-refractivity contribution is 5.92. The molecule has 0 aromatic carbocycles. The Balaban J connectivity index is 1.42. The van der Waals surface area contributed by atoms with Gasteiger partial charge in [0.25, 0.3) is 0 Å². The number of pyridine rings is 1. The van der Waals surface area contributed by atoms with E-state index in [0.717, 1.165) is 44.5 Å². The maximum Gasteiger partial charge on any atom is 0.244 e. The first-order chi connectivity index (χ1) is 11.8. The van der Waals surface area contributed by atoms with Gasteiger partial charge in [0, 0.05) is 12.1 Å². The van der Waals surface area contributed by atoms with Crippen molar-refractivity contribution in [2.24, 2.45) is 0 Å². The van der Waals surface area contributed by atoms with E-state index in [1.165, 1.54) is 0 Å². The van der Waals surface area contributed by atoms with E-state index in [1.807, 2.05) is 6.07 Å². The quantitative estimate of drug-likeness (QED) is 0.908. The summed E-state index contributed by atoms with van der Waals surface area (Å²) < 4.78 is 5.49. The van der Waals surface area contributed by atoms with Crippen LogP contribution in [-0.4, -0.2) is 39.0 Å². The van der Waals surface area contributed by atoms with Crippen LogP contribution in [0.15, 0.2) is 29.0 Å². The van der Waals surface area contributed by atoms with Gasteiger partial charge in [-0.15, -0.1) is 0 Å². The van der Waals surface area contributed by atoms with Crippen LogP contribution < -0.4 is 5.32 Å². The van der Waals surface area contributed by atoms with E-state index < -0.39 is 0 Å². The lowest BCUT2D eigenvalue weighted by Crippen LogP contribution is -2.39. The second-order valence-electron chi connectivity index (χ2n) is 6.54. The Morgan fingerprint density at radius 2 is 2.25 bits per heavy atom. The van der Waals surface area contributed by atoms with Crippen LogP contribution in [0, 0.1) is 0 Å². The molecular formula is C17H21N5O2. The summed E-state index contributed by atoms with van der Waals surface area (Å²) in [7, 11) is 0. The Hall–Kier alpha value is -2.28. The monoisotopic (exact) mass is 327 g/mol. The molecule has 2 aromatic rings. The normalized spacial score (nSPS) is 21.6. The lowest BCUT2D eigenvalue weighted by Gasteiger charge is -2.32. The fourth-order valence-electron chi connectivity index (χ4n) is 3.17. The molecule has 1 N–H and O–H groups in total. The summed E-state index contributed by atoms with van der Waals surface area (Å²) in [5, 5.41) is 7.00. The van der Waals surface area contributed by atoms with Gasteiger partial charge in [-0.3, -0.25) is 14.7 Å². The molecule has 2 fully saturated rings. The summed E-state index contributed by atoms with van der Waals surface area (Å²) in [6.07, 6.45) is 8.79. The van der Waals surface area contributed by atoms with Crippen molar-refractivity contribution in [3.63, 3.8) is 0 Å². The molecule has 0 radical (unpaired) electrons. The number of rotatable bonds is 5. The molecule has 1 saturated carbocycles. The first-order valence-electron chi connectivity index (χ1n) is 8.57. The van der Waals surface area contributed by atoms with Crippen molar-refractivity contribution < 1.29 is 9.32 Å². The first-order valence-corrected chi connectivity index (χ1v) is 8.57. The Bertz CT molecular complexity index is 698. The van der Waals surface area contributed by atoms with Crippen molar-refractivity contribution in [1.82, 2.24) is 20.0 Å². The third kappa shape index (κ3) is 3.46. The summed E-state index contributed by atoms with van der Waals surface area (Å²) in [4.78, 5) is 23.1. The van der Waals surface area contributed by atoms with Crippen LogP contribution in [0.4, 0.5) is 5.69 Å². The zero-order valence-corrected chi connectivity index (χ0v) is 13.5. The molecule has 1 aliphatic heterocycles. The minimum atomic E-state index is -0.0446. The fourth-order valence-corrected chi connectivity index (χ4v) is 3.17. The average molecular weight is 327 g/mol. The molecule has 0 unspecified atom stereocenters. The Kier molecular flexibility index (Phi) is 4.25. The number of carbonyl (C=O) groups excluding carboxylic acids is 1. The molecule has 3 heterocycles. The molecule has 4 rings (SSSR count). The number of nitrogens with one attached hydrogen (secondary N) is 1. The molecular weight excluding hydrogens is 306 g/mol. The number of amides is 1. The molecule has 0 bridgehead atoms. The Morgan fingerprint density at radius 1 is 1.33 bits per heavy atom. The average Bonchev–Trinajstić information content (AvgIpc) is 3.34. The minimum Gasteiger partial charge on any atom is -0.338 e. The summed E-state index contributed by atoms with van der Waals surface area (Å²) >= 11 is 0. The van der Waals surface area contributed by atoms with Crippen LogP contribution in [0.1, 0.15) is 55.8 Å². The summed E-state index contributed by atoms with van der Waals surface area (Å²) in [5.74, 6) is 1.92. The summed E-state index contributed by atoms with van der Waals surface area (Å²) in [6, 6.07) is 3.67. The van der Waals surface area contributed by atoms with E-state index >= 15 is 0 Å². The molecule has 1 atom stereocenters. The number of anilines is 1. The van der Waals surface area contributed by atoms with E-state index in [0.29, 0.717) is 24.0 Å². The van der Waals surface area contributed by atoms with E-state index in [4.69, 9.17) is 4.52 Å². The maximum atomic E-state index is 12.3. The van der Waals surface area contributed by atoms with Crippen molar-refractivity contribution in [2.45, 2.75) is 44.1 Å². The molecule has 2 aliphatic rings. The molecule has 1 saturated heterocycles. The van der Waals surface area contributed by atoms with Gasteiger partial charge in [-0.05, 0) is 44.4 Å². The number of aromatic nitrogens is 3. The van der Waals surface area contributed by atoms with E-state index in [9.17, 15) is 4.79 Å². The number of nitrogens with zero attached hydrogens (tertiary/aromatic N) is 4. The third-order valence-electron chi connectivity index (χ3n) is 4.59. The number of carbonyl (C=O) groups is 1. The highest BCUT2D eigenvalue weighted by Gasteiger charge is 2.33. The number of piperidine rings is 1. The van der Waals surface area contributed by atoms with Crippen LogP contribution in [-0.2, 0) is 4.79 Å². The highest BCUT2D eigenvalue weighted by Crippen LogP contribution is 2.39. The molecule has 0 spiro atoms. The maximum absolute atomic E-state index is 12.3. The van der Waals surface area contributed by atoms with Gasteiger partial charge in [-0.25, -0.2) is 0 Å². The van der Waals surface area contributed by atoms with Gasteiger partial charge in [0.1, 0.15) is 0 Å². The van der Waals surface area contributed by atoms with E-state index in [-0.39, 0.29) is 11.9 Å². The predicted octanol–water partition coefficient (Wildman–Crippen LogP) is 2.51. The molecule has 126 valence electrons. The van der Waals surface area contributed by atoms with Crippen LogP contribution >= 0.6 is 0 Å². The van der Waals surface area contributed by atoms with Gasteiger partial charge in [-0.1, -0.05) is 11.6 Å². The lowest BCUT2D eigenvalue weighted by molar-refractivity contribution is -0.118. The molecule has 2 aromatic heterocycles.